The minimum absolute atomic E-state index is 0. The highest BCUT2D eigenvalue weighted by Gasteiger charge is 2.23. The summed E-state index contributed by atoms with van der Waals surface area (Å²) in [6, 6.07) is 8.21. The molecule has 0 saturated carbocycles. The number of rotatable bonds is 2. The van der Waals surface area contributed by atoms with Crippen LogP contribution in [0.15, 0.2) is 24.3 Å². The highest BCUT2D eigenvalue weighted by molar-refractivity contribution is 5.85. The van der Waals surface area contributed by atoms with Gasteiger partial charge in [0.1, 0.15) is 12.4 Å². The zero-order valence-corrected chi connectivity index (χ0v) is 14.4. The second-order valence-electron chi connectivity index (χ2n) is 5.37. The van der Waals surface area contributed by atoms with Gasteiger partial charge in [-0.05, 0) is 26.0 Å². The van der Waals surface area contributed by atoms with Gasteiger partial charge in [-0.2, -0.15) is 0 Å². The molecule has 22 heavy (non-hydrogen) atoms. The van der Waals surface area contributed by atoms with Crippen LogP contribution in [0.3, 0.4) is 0 Å². The number of nitrogens with zero attached hydrogens (tertiary/aromatic N) is 3. The Balaban J connectivity index is 0.00000121. The number of benzene rings is 1. The number of nitrogens with one attached hydrogen (secondary N) is 1. The fourth-order valence-electron chi connectivity index (χ4n) is 2.83. The first-order valence-electron chi connectivity index (χ1n) is 7.09. The summed E-state index contributed by atoms with van der Waals surface area (Å²) in [7, 11) is 0. The molecule has 1 atom stereocenters. The van der Waals surface area contributed by atoms with Crippen molar-refractivity contribution in [2.45, 2.75) is 26.4 Å². The van der Waals surface area contributed by atoms with E-state index < -0.39 is 0 Å². The molecule has 1 fully saturated rings. The number of para-hydroxylation sites is 2. The third-order valence-electron chi connectivity index (χ3n) is 3.96. The van der Waals surface area contributed by atoms with E-state index in [-0.39, 0.29) is 36.8 Å². The molecular formula is C15H22Cl2N4O. The molecule has 0 spiro atoms. The van der Waals surface area contributed by atoms with Crippen LogP contribution in [0.2, 0.25) is 0 Å². The Morgan fingerprint density at radius 3 is 2.82 bits per heavy atom. The van der Waals surface area contributed by atoms with Gasteiger partial charge >= 0.3 is 0 Å². The zero-order chi connectivity index (χ0) is 14.1. The summed E-state index contributed by atoms with van der Waals surface area (Å²) >= 11 is 0. The summed E-state index contributed by atoms with van der Waals surface area (Å²) in [5, 5.41) is 3.31. The SMILES string of the molecule is Cc1nc2ccccc2n1CC(=O)N1CCNC[C@H]1C.Cl.Cl. The fraction of sp³-hybridized carbons (Fsp3) is 0.467. The lowest BCUT2D eigenvalue weighted by Crippen LogP contribution is -2.53. The summed E-state index contributed by atoms with van der Waals surface area (Å²) in [6.07, 6.45) is 0. The number of fused-ring (bicyclic) bond motifs is 1. The van der Waals surface area contributed by atoms with Gasteiger partial charge in [0.25, 0.3) is 0 Å². The van der Waals surface area contributed by atoms with Crippen molar-refractivity contribution < 1.29 is 4.79 Å². The first kappa shape index (κ1) is 18.7. The van der Waals surface area contributed by atoms with Crippen molar-refractivity contribution in [3.8, 4) is 0 Å². The Labute approximate surface area is 142 Å². The summed E-state index contributed by atoms with van der Waals surface area (Å²) in [5.74, 6) is 1.06. The fourth-order valence-corrected chi connectivity index (χ4v) is 2.83. The van der Waals surface area contributed by atoms with Gasteiger partial charge in [0.05, 0.1) is 11.0 Å². The number of halogens is 2. The van der Waals surface area contributed by atoms with E-state index in [9.17, 15) is 4.79 Å². The van der Waals surface area contributed by atoms with Gasteiger partial charge in [-0.15, -0.1) is 24.8 Å². The van der Waals surface area contributed by atoms with Crippen LogP contribution in [0.25, 0.3) is 11.0 Å². The predicted molar refractivity (Wildman–Crippen MR) is 93.0 cm³/mol. The predicted octanol–water partition coefficient (Wildman–Crippen LogP) is 2.01. The maximum atomic E-state index is 12.5. The minimum atomic E-state index is 0. The summed E-state index contributed by atoms with van der Waals surface area (Å²) in [4.78, 5) is 19.0. The van der Waals surface area contributed by atoms with Crippen LogP contribution in [-0.4, -0.2) is 46.0 Å². The number of amides is 1. The average molecular weight is 345 g/mol. The highest BCUT2D eigenvalue weighted by Crippen LogP contribution is 2.16. The number of carbonyl (C=O) groups is 1. The third-order valence-corrected chi connectivity index (χ3v) is 3.96. The Morgan fingerprint density at radius 2 is 2.09 bits per heavy atom. The van der Waals surface area contributed by atoms with E-state index in [0.717, 1.165) is 36.5 Å². The molecular weight excluding hydrogens is 323 g/mol. The van der Waals surface area contributed by atoms with Crippen LogP contribution >= 0.6 is 24.8 Å². The molecule has 3 rings (SSSR count). The van der Waals surface area contributed by atoms with Gasteiger partial charge in [0.2, 0.25) is 5.91 Å². The van der Waals surface area contributed by atoms with Crippen molar-refractivity contribution in [2.75, 3.05) is 19.6 Å². The second-order valence-corrected chi connectivity index (χ2v) is 5.37. The molecule has 1 amide bonds. The molecule has 5 nitrogen and oxygen atoms in total. The minimum Gasteiger partial charge on any atom is -0.336 e. The Kier molecular flexibility index (Phi) is 6.66. The summed E-state index contributed by atoms with van der Waals surface area (Å²) in [5.41, 5.74) is 1.98. The molecule has 2 heterocycles. The maximum Gasteiger partial charge on any atom is 0.242 e. The topological polar surface area (TPSA) is 50.2 Å². The normalized spacial score (nSPS) is 17.7. The van der Waals surface area contributed by atoms with E-state index in [1.165, 1.54) is 0 Å². The second kappa shape index (κ2) is 7.81. The Hall–Kier alpha value is -1.30. The first-order chi connectivity index (χ1) is 9.66. The molecule has 0 aliphatic carbocycles. The van der Waals surface area contributed by atoms with Crippen molar-refractivity contribution in [3.63, 3.8) is 0 Å². The van der Waals surface area contributed by atoms with E-state index in [4.69, 9.17) is 0 Å². The van der Waals surface area contributed by atoms with Crippen LogP contribution in [0.1, 0.15) is 12.7 Å². The van der Waals surface area contributed by atoms with Gasteiger partial charge in [-0.3, -0.25) is 4.79 Å². The lowest BCUT2D eigenvalue weighted by atomic mass is 10.2. The molecule has 1 aliphatic heterocycles. The maximum absolute atomic E-state index is 12.5. The molecule has 1 aromatic carbocycles. The largest absolute Gasteiger partial charge is 0.336 e. The first-order valence-corrected chi connectivity index (χ1v) is 7.09. The lowest BCUT2D eigenvalue weighted by molar-refractivity contribution is -0.134. The summed E-state index contributed by atoms with van der Waals surface area (Å²) < 4.78 is 2.01. The number of hydrogen-bond acceptors (Lipinski definition) is 3. The van der Waals surface area contributed by atoms with E-state index in [1.54, 1.807) is 0 Å². The van der Waals surface area contributed by atoms with Crippen LogP contribution in [0, 0.1) is 6.92 Å². The van der Waals surface area contributed by atoms with Gasteiger partial charge < -0.3 is 14.8 Å². The van der Waals surface area contributed by atoms with Crippen LogP contribution in [0.4, 0.5) is 0 Å². The third kappa shape index (κ3) is 3.54. The number of hydrogen-bond donors (Lipinski definition) is 1. The van der Waals surface area contributed by atoms with Crippen molar-refractivity contribution in [2.24, 2.45) is 0 Å². The lowest BCUT2D eigenvalue weighted by Gasteiger charge is -2.34. The molecule has 1 saturated heterocycles. The van der Waals surface area contributed by atoms with Crippen molar-refractivity contribution in [3.05, 3.63) is 30.1 Å². The molecule has 2 aromatic rings. The van der Waals surface area contributed by atoms with Crippen LogP contribution in [0.5, 0.6) is 0 Å². The molecule has 1 aliphatic rings. The smallest absolute Gasteiger partial charge is 0.242 e. The van der Waals surface area contributed by atoms with Gasteiger partial charge in [-0.1, -0.05) is 12.1 Å². The Morgan fingerprint density at radius 1 is 1.36 bits per heavy atom. The zero-order valence-electron chi connectivity index (χ0n) is 12.8. The number of aromatic nitrogens is 2. The molecule has 1 N–H and O–H groups in total. The molecule has 0 bridgehead atoms. The van der Waals surface area contributed by atoms with E-state index in [1.807, 2.05) is 40.7 Å². The molecule has 0 unspecified atom stereocenters. The van der Waals surface area contributed by atoms with Crippen LogP contribution in [-0.2, 0) is 11.3 Å². The van der Waals surface area contributed by atoms with Crippen molar-refractivity contribution in [1.29, 1.82) is 0 Å². The van der Waals surface area contributed by atoms with Crippen molar-refractivity contribution >= 4 is 41.8 Å². The number of carbonyl (C=O) groups excluding carboxylic acids is 1. The van der Waals surface area contributed by atoms with Gasteiger partial charge in [0, 0.05) is 25.7 Å². The van der Waals surface area contributed by atoms with E-state index >= 15 is 0 Å². The van der Waals surface area contributed by atoms with E-state index in [2.05, 4.69) is 17.2 Å². The summed E-state index contributed by atoms with van der Waals surface area (Å²) in [6.45, 7) is 6.94. The Bertz CT molecular complexity index is 644. The molecule has 1 aromatic heterocycles. The average Bonchev–Trinajstić information content (AvgIpc) is 2.76. The number of aryl methyl sites for hydroxylation is 1. The van der Waals surface area contributed by atoms with Gasteiger partial charge in [-0.25, -0.2) is 4.98 Å². The molecule has 0 radical (unpaired) electrons. The number of piperazine rings is 1. The molecule has 7 heteroatoms. The highest BCUT2D eigenvalue weighted by atomic mass is 35.5. The van der Waals surface area contributed by atoms with Crippen molar-refractivity contribution in [1.82, 2.24) is 19.8 Å². The van der Waals surface area contributed by atoms with Crippen LogP contribution < -0.4 is 5.32 Å². The monoisotopic (exact) mass is 344 g/mol. The quantitative estimate of drug-likeness (QED) is 0.906. The molecule has 122 valence electrons. The standard InChI is InChI=1S/C15H20N4O.2ClH/c1-11-9-16-7-8-18(11)15(20)10-19-12(2)17-13-5-3-4-6-14(13)19;;/h3-6,11,16H,7-10H2,1-2H3;2*1H/t11-;;/m1../s1. The van der Waals surface area contributed by atoms with E-state index in [0.29, 0.717) is 6.54 Å². The number of imidazole rings is 1. The van der Waals surface area contributed by atoms with Gasteiger partial charge in [0.15, 0.2) is 0 Å².